The van der Waals surface area contributed by atoms with Gasteiger partial charge < -0.3 is 4.90 Å². The van der Waals surface area contributed by atoms with Crippen LogP contribution in [0.3, 0.4) is 0 Å². The molecule has 122 valence electrons. The highest BCUT2D eigenvalue weighted by molar-refractivity contribution is 9.10. The summed E-state index contributed by atoms with van der Waals surface area (Å²) in [4.78, 5) is 18.7. The first-order valence-corrected chi connectivity index (χ1v) is 8.37. The van der Waals surface area contributed by atoms with Gasteiger partial charge in [-0.2, -0.15) is 5.10 Å². The number of aromatic nitrogens is 3. The number of aromatic amines is 1. The number of aryl methyl sites for hydroxylation is 1. The molecule has 2 aromatic carbocycles. The summed E-state index contributed by atoms with van der Waals surface area (Å²) >= 11 is 3.43. The number of anilines is 1. The first kappa shape index (κ1) is 16.4. The van der Waals surface area contributed by atoms with Gasteiger partial charge in [0.05, 0.1) is 13.0 Å². The van der Waals surface area contributed by atoms with Gasteiger partial charge in [-0.3, -0.25) is 9.89 Å². The van der Waals surface area contributed by atoms with E-state index in [0.29, 0.717) is 12.4 Å². The average molecular weight is 385 g/mol. The lowest BCUT2D eigenvalue weighted by molar-refractivity contribution is -0.118. The number of halogens is 1. The molecule has 1 amide bonds. The van der Waals surface area contributed by atoms with E-state index in [9.17, 15) is 4.79 Å². The molecule has 5 nitrogen and oxygen atoms in total. The van der Waals surface area contributed by atoms with Gasteiger partial charge in [0.25, 0.3) is 0 Å². The average Bonchev–Trinajstić information content (AvgIpc) is 3.08. The number of rotatable bonds is 5. The Morgan fingerprint density at radius 3 is 2.58 bits per heavy atom. The van der Waals surface area contributed by atoms with E-state index in [1.54, 1.807) is 4.90 Å². The highest BCUT2D eigenvalue weighted by atomic mass is 79.9. The smallest absolute Gasteiger partial charge is 0.234 e. The summed E-state index contributed by atoms with van der Waals surface area (Å²) in [6.07, 6.45) is 1.59. The maximum Gasteiger partial charge on any atom is 0.234 e. The minimum atomic E-state index is -0.0303. The molecule has 0 aliphatic heterocycles. The Labute approximate surface area is 148 Å². The number of hydrogen-bond acceptors (Lipinski definition) is 3. The number of benzene rings is 2. The Hall–Kier alpha value is -2.47. The molecule has 3 rings (SSSR count). The first-order chi connectivity index (χ1) is 11.6. The second-order valence-electron chi connectivity index (χ2n) is 5.49. The van der Waals surface area contributed by atoms with E-state index in [4.69, 9.17) is 0 Å². The molecular formula is C18H17BrN4O. The van der Waals surface area contributed by atoms with Gasteiger partial charge in [0.15, 0.2) is 0 Å². The summed E-state index contributed by atoms with van der Waals surface area (Å²) in [6.45, 7) is 2.57. The Kier molecular flexibility index (Phi) is 5.05. The lowest BCUT2D eigenvalue weighted by Gasteiger charge is -2.23. The number of amides is 1. The van der Waals surface area contributed by atoms with E-state index in [0.717, 1.165) is 21.3 Å². The number of hydrogen-bond donors (Lipinski definition) is 1. The van der Waals surface area contributed by atoms with Crippen LogP contribution in [0.15, 0.2) is 59.3 Å². The van der Waals surface area contributed by atoms with Crippen LogP contribution in [0.5, 0.6) is 0 Å². The zero-order chi connectivity index (χ0) is 16.9. The largest absolute Gasteiger partial charge is 0.308 e. The fraction of sp³-hybridized carbons (Fsp3) is 0.167. The van der Waals surface area contributed by atoms with Gasteiger partial charge in [0.1, 0.15) is 12.2 Å². The van der Waals surface area contributed by atoms with E-state index in [-0.39, 0.29) is 12.3 Å². The standard InChI is InChI=1S/C18H17BrN4O/c1-13-4-2-3-5-14(13)11-23(16-8-6-15(19)7-9-16)18(24)10-17-20-12-21-22-17/h2-9,12H,10-11H2,1H3,(H,20,21,22). The van der Waals surface area contributed by atoms with Gasteiger partial charge in [0, 0.05) is 10.2 Å². The van der Waals surface area contributed by atoms with Crippen LogP contribution in [0.25, 0.3) is 0 Å². The van der Waals surface area contributed by atoms with E-state index < -0.39 is 0 Å². The third kappa shape index (κ3) is 3.89. The second kappa shape index (κ2) is 7.40. The molecule has 0 radical (unpaired) electrons. The van der Waals surface area contributed by atoms with Crippen molar-refractivity contribution in [1.82, 2.24) is 15.2 Å². The van der Waals surface area contributed by atoms with Crippen molar-refractivity contribution in [3.05, 3.63) is 76.3 Å². The predicted molar refractivity (Wildman–Crippen MR) is 96.6 cm³/mol. The minimum absolute atomic E-state index is 0.0303. The summed E-state index contributed by atoms with van der Waals surface area (Å²) in [5.74, 6) is 0.532. The lowest BCUT2D eigenvalue weighted by atomic mass is 10.1. The van der Waals surface area contributed by atoms with Crippen LogP contribution in [0.4, 0.5) is 5.69 Å². The quantitative estimate of drug-likeness (QED) is 0.729. The molecule has 6 heteroatoms. The van der Waals surface area contributed by atoms with Crippen molar-refractivity contribution < 1.29 is 4.79 Å². The third-order valence-electron chi connectivity index (χ3n) is 3.81. The molecule has 0 spiro atoms. The van der Waals surface area contributed by atoms with Gasteiger partial charge in [-0.15, -0.1) is 0 Å². The van der Waals surface area contributed by atoms with E-state index >= 15 is 0 Å². The van der Waals surface area contributed by atoms with Crippen molar-refractivity contribution in [1.29, 1.82) is 0 Å². The third-order valence-corrected chi connectivity index (χ3v) is 4.34. The topological polar surface area (TPSA) is 61.9 Å². The van der Waals surface area contributed by atoms with Gasteiger partial charge >= 0.3 is 0 Å². The van der Waals surface area contributed by atoms with E-state index in [2.05, 4.69) is 44.1 Å². The molecule has 3 aromatic rings. The van der Waals surface area contributed by atoms with Crippen LogP contribution in [0.2, 0.25) is 0 Å². The summed E-state index contributed by atoms with van der Waals surface area (Å²) < 4.78 is 0.977. The van der Waals surface area contributed by atoms with Crippen molar-refractivity contribution in [3.63, 3.8) is 0 Å². The van der Waals surface area contributed by atoms with Crippen LogP contribution in [0.1, 0.15) is 17.0 Å². The molecule has 24 heavy (non-hydrogen) atoms. The molecule has 0 saturated carbocycles. The van der Waals surface area contributed by atoms with Gasteiger partial charge in [0.2, 0.25) is 5.91 Å². The van der Waals surface area contributed by atoms with Crippen molar-refractivity contribution in [3.8, 4) is 0 Å². The molecular weight excluding hydrogens is 368 g/mol. The zero-order valence-corrected chi connectivity index (χ0v) is 14.8. The Balaban J connectivity index is 1.89. The van der Waals surface area contributed by atoms with Gasteiger partial charge in [-0.05, 0) is 42.3 Å². The first-order valence-electron chi connectivity index (χ1n) is 7.58. The highest BCUT2D eigenvalue weighted by Gasteiger charge is 2.18. The number of carbonyl (C=O) groups is 1. The molecule has 0 saturated heterocycles. The number of nitrogens with zero attached hydrogens (tertiary/aromatic N) is 3. The second-order valence-corrected chi connectivity index (χ2v) is 6.41. The van der Waals surface area contributed by atoms with E-state index in [1.807, 2.05) is 42.5 Å². The van der Waals surface area contributed by atoms with Crippen LogP contribution in [-0.2, 0) is 17.8 Å². The van der Waals surface area contributed by atoms with Crippen molar-refractivity contribution in [2.24, 2.45) is 0 Å². The van der Waals surface area contributed by atoms with Gasteiger partial charge in [-0.1, -0.05) is 40.2 Å². The molecule has 1 N–H and O–H groups in total. The van der Waals surface area contributed by atoms with E-state index in [1.165, 1.54) is 6.33 Å². The fourth-order valence-electron chi connectivity index (χ4n) is 2.46. The van der Waals surface area contributed by atoms with Gasteiger partial charge in [-0.25, -0.2) is 4.98 Å². The highest BCUT2D eigenvalue weighted by Crippen LogP contribution is 2.22. The number of carbonyl (C=O) groups excluding carboxylic acids is 1. The van der Waals surface area contributed by atoms with Crippen molar-refractivity contribution >= 4 is 27.5 Å². The summed E-state index contributed by atoms with van der Waals surface area (Å²) in [6, 6.07) is 15.8. The molecule has 0 aliphatic rings. The molecule has 0 fully saturated rings. The molecule has 0 aliphatic carbocycles. The fourth-order valence-corrected chi connectivity index (χ4v) is 2.72. The summed E-state index contributed by atoms with van der Waals surface area (Å²) in [5.41, 5.74) is 3.13. The SMILES string of the molecule is Cc1ccccc1CN(C(=O)Cc1ncn[nH]1)c1ccc(Br)cc1. The Morgan fingerprint density at radius 1 is 1.17 bits per heavy atom. The molecule has 0 unspecified atom stereocenters. The van der Waals surface area contributed by atoms with Crippen molar-refractivity contribution in [2.45, 2.75) is 19.9 Å². The minimum Gasteiger partial charge on any atom is -0.308 e. The molecule has 1 aromatic heterocycles. The van der Waals surface area contributed by atoms with Crippen LogP contribution < -0.4 is 4.90 Å². The molecule has 1 heterocycles. The predicted octanol–water partition coefficient (Wildman–Crippen LogP) is 3.65. The molecule has 0 atom stereocenters. The van der Waals surface area contributed by atoms with Crippen LogP contribution in [-0.4, -0.2) is 21.1 Å². The lowest BCUT2D eigenvalue weighted by Crippen LogP contribution is -2.32. The molecule has 0 bridgehead atoms. The zero-order valence-electron chi connectivity index (χ0n) is 13.2. The monoisotopic (exact) mass is 384 g/mol. The van der Waals surface area contributed by atoms with Crippen LogP contribution in [0, 0.1) is 6.92 Å². The number of nitrogens with one attached hydrogen (secondary N) is 1. The normalized spacial score (nSPS) is 10.6. The summed E-state index contributed by atoms with van der Waals surface area (Å²) in [7, 11) is 0. The maximum absolute atomic E-state index is 12.8. The summed E-state index contributed by atoms with van der Waals surface area (Å²) in [5, 5.41) is 6.55. The Morgan fingerprint density at radius 2 is 1.92 bits per heavy atom. The Bertz CT molecular complexity index is 815. The van der Waals surface area contributed by atoms with Crippen molar-refractivity contribution in [2.75, 3.05) is 4.90 Å². The maximum atomic E-state index is 12.8. The number of H-pyrrole nitrogens is 1. The van der Waals surface area contributed by atoms with Crippen LogP contribution >= 0.6 is 15.9 Å².